The average molecular weight is 521 g/mol. The Kier molecular flexibility index (Phi) is 6.96. The van der Waals surface area contributed by atoms with Gasteiger partial charge in [0.05, 0.1) is 12.2 Å². The van der Waals surface area contributed by atoms with Gasteiger partial charge in [-0.25, -0.2) is 4.39 Å². The molecule has 2 aromatic carbocycles. The fourth-order valence-electron chi connectivity index (χ4n) is 4.83. The number of amides is 2. The van der Waals surface area contributed by atoms with Gasteiger partial charge in [0, 0.05) is 48.2 Å². The summed E-state index contributed by atoms with van der Waals surface area (Å²) < 4.78 is 25.7. The topological polar surface area (TPSA) is 96.7 Å². The molecule has 0 spiro atoms. The van der Waals surface area contributed by atoms with Gasteiger partial charge in [0.15, 0.2) is 0 Å². The van der Waals surface area contributed by atoms with Crippen LogP contribution in [-0.2, 0) is 4.74 Å². The van der Waals surface area contributed by atoms with E-state index >= 15 is 0 Å². The van der Waals surface area contributed by atoms with Gasteiger partial charge in [0.1, 0.15) is 11.5 Å². The Morgan fingerprint density at radius 1 is 1.05 bits per heavy atom. The first kappa shape index (κ1) is 25.9. The number of morpholine rings is 1. The Morgan fingerprint density at radius 2 is 1.79 bits per heavy atom. The van der Waals surface area contributed by atoms with Gasteiger partial charge in [-0.15, -0.1) is 0 Å². The van der Waals surface area contributed by atoms with Gasteiger partial charge in [0.2, 0.25) is 5.76 Å². The van der Waals surface area contributed by atoms with Crippen molar-refractivity contribution in [2.75, 3.05) is 29.9 Å². The number of fused-ring (bicyclic) bond motifs is 2. The first-order valence-electron chi connectivity index (χ1n) is 12.9. The molecule has 2 bridgehead atoms. The molecule has 0 aliphatic carbocycles. The lowest BCUT2D eigenvalue weighted by Crippen LogP contribution is -2.42. The van der Waals surface area contributed by atoms with Crippen LogP contribution < -0.4 is 15.5 Å². The van der Waals surface area contributed by atoms with Crippen molar-refractivity contribution in [3.8, 4) is 11.3 Å². The smallest absolute Gasteiger partial charge is 0.289 e. The number of aromatic nitrogens is 1. The molecular formula is C29H33FN4O4. The molecule has 38 heavy (non-hydrogen) atoms. The van der Waals surface area contributed by atoms with E-state index in [1.807, 2.05) is 33.8 Å². The number of hydrogen-bond donors (Lipinski definition) is 2. The van der Waals surface area contributed by atoms with E-state index in [9.17, 15) is 14.0 Å². The highest BCUT2D eigenvalue weighted by atomic mass is 19.1. The van der Waals surface area contributed by atoms with Crippen LogP contribution in [0.1, 0.15) is 60.1 Å². The van der Waals surface area contributed by atoms with E-state index in [1.165, 1.54) is 12.1 Å². The van der Waals surface area contributed by atoms with Crippen LogP contribution in [0.3, 0.4) is 0 Å². The standard InChI is InChI=1S/C29H33FN4O4/c1-17-5-6-20(12-24(17)25-13-26(38-33-25)28(36)31-16-29(2,3)4)32-27(35)18-9-19(30)11-21(10-18)34-14-22-7-8-23(15-34)37-22/h5-6,9-13,22-23H,7-8,14-16H2,1-4H3,(H,31,36)(H,32,35). The maximum atomic E-state index is 14.5. The molecule has 1 aromatic heterocycles. The Hall–Kier alpha value is -3.72. The largest absolute Gasteiger partial charge is 0.371 e. The molecule has 2 unspecified atom stereocenters. The van der Waals surface area contributed by atoms with Gasteiger partial charge in [0.25, 0.3) is 11.8 Å². The van der Waals surface area contributed by atoms with Crippen LogP contribution in [0.4, 0.5) is 15.8 Å². The normalized spacial score (nSPS) is 18.9. The Labute approximate surface area is 221 Å². The Morgan fingerprint density at radius 3 is 2.50 bits per heavy atom. The number of carbonyl (C=O) groups is 2. The van der Waals surface area contributed by atoms with Crippen molar-refractivity contribution in [3.05, 3.63) is 65.2 Å². The zero-order valence-electron chi connectivity index (χ0n) is 22.1. The third-order valence-corrected chi connectivity index (χ3v) is 6.84. The van der Waals surface area contributed by atoms with Crippen molar-refractivity contribution >= 4 is 23.2 Å². The van der Waals surface area contributed by atoms with Gasteiger partial charge in [-0.1, -0.05) is 32.0 Å². The van der Waals surface area contributed by atoms with Gasteiger partial charge in [-0.2, -0.15) is 0 Å². The quantitative estimate of drug-likeness (QED) is 0.465. The molecule has 2 aliphatic heterocycles. The van der Waals surface area contributed by atoms with E-state index in [4.69, 9.17) is 9.26 Å². The van der Waals surface area contributed by atoms with E-state index in [0.29, 0.717) is 42.3 Å². The highest BCUT2D eigenvalue weighted by molar-refractivity contribution is 6.05. The molecule has 3 aromatic rings. The predicted molar refractivity (Wildman–Crippen MR) is 143 cm³/mol. The van der Waals surface area contributed by atoms with Crippen molar-refractivity contribution in [1.29, 1.82) is 0 Å². The molecule has 2 N–H and O–H groups in total. The van der Waals surface area contributed by atoms with Crippen molar-refractivity contribution in [3.63, 3.8) is 0 Å². The number of rotatable bonds is 6. The van der Waals surface area contributed by atoms with E-state index in [-0.39, 0.29) is 34.9 Å². The minimum absolute atomic E-state index is 0.0636. The fraction of sp³-hybridized carbons (Fsp3) is 0.414. The molecule has 5 rings (SSSR count). The van der Waals surface area contributed by atoms with E-state index in [0.717, 1.165) is 18.4 Å². The van der Waals surface area contributed by atoms with Gasteiger partial charge < -0.3 is 24.8 Å². The zero-order valence-corrected chi connectivity index (χ0v) is 22.1. The number of aryl methyl sites for hydroxylation is 1. The number of nitrogens with one attached hydrogen (secondary N) is 2. The molecule has 200 valence electrons. The second kappa shape index (κ2) is 10.2. The molecular weight excluding hydrogens is 487 g/mol. The second-order valence-corrected chi connectivity index (χ2v) is 11.4. The Bertz CT molecular complexity index is 1350. The minimum atomic E-state index is -0.462. The molecule has 0 saturated carbocycles. The molecule has 9 heteroatoms. The number of carbonyl (C=O) groups excluding carboxylic acids is 2. The van der Waals surface area contributed by atoms with Crippen molar-refractivity contribution < 1.29 is 23.2 Å². The van der Waals surface area contributed by atoms with E-state index < -0.39 is 11.7 Å². The van der Waals surface area contributed by atoms with Crippen molar-refractivity contribution in [1.82, 2.24) is 10.5 Å². The lowest BCUT2D eigenvalue weighted by Gasteiger charge is -2.34. The molecule has 8 nitrogen and oxygen atoms in total. The molecule has 2 amide bonds. The lowest BCUT2D eigenvalue weighted by molar-refractivity contribution is 0.0305. The highest BCUT2D eigenvalue weighted by Gasteiger charge is 2.34. The summed E-state index contributed by atoms with van der Waals surface area (Å²) in [4.78, 5) is 27.7. The summed E-state index contributed by atoms with van der Waals surface area (Å²) in [5.41, 5.74) is 3.46. The number of anilines is 2. The number of nitrogens with zero attached hydrogens (tertiary/aromatic N) is 2. The molecule has 2 aliphatic rings. The summed E-state index contributed by atoms with van der Waals surface area (Å²) in [5.74, 6) is -1.10. The molecule has 0 radical (unpaired) electrons. The lowest BCUT2D eigenvalue weighted by atomic mass is 9.97. The summed E-state index contributed by atoms with van der Waals surface area (Å²) >= 11 is 0. The van der Waals surface area contributed by atoms with Crippen LogP contribution in [-0.4, -0.2) is 48.8 Å². The molecule has 2 atom stereocenters. The third kappa shape index (κ3) is 5.88. The highest BCUT2D eigenvalue weighted by Crippen LogP contribution is 2.31. The van der Waals surface area contributed by atoms with Crippen LogP contribution in [0.15, 0.2) is 47.0 Å². The maximum absolute atomic E-state index is 14.5. The van der Waals surface area contributed by atoms with Crippen molar-refractivity contribution in [2.45, 2.75) is 52.7 Å². The number of halogens is 1. The van der Waals surface area contributed by atoms with Crippen LogP contribution in [0.5, 0.6) is 0 Å². The summed E-state index contributed by atoms with van der Waals surface area (Å²) in [7, 11) is 0. The first-order valence-corrected chi connectivity index (χ1v) is 12.9. The number of hydrogen-bond acceptors (Lipinski definition) is 6. The number of ether oxygens (including phenoxy) is 1. The SMILES string of the molecule is Cc1ccc(NC(=O)c2cc(F)cc(N3CC4CCC(C3)O4)c2)cc1-c1cc(C(=O)NCC(C)(C)C)on1. The summed E-state index contributed by atoms with van der Waals surface area (Å²) in [5, 5.41) is 9.78. The molecule has 3 heterocycles. The second-order valence-electron chi connectivity index (χ2n) is 11.4. The maximum Gasteiger partial charge on any atom is 0.289 e. The monoisotopic (exact) mass is 520 g/mol. The minimum Gasteiger partial charge on any atom is -0.371 e. The van der Waals surface area contributed by atoms with Crippen molar-refractivity contribution in [2.24, 2.45) is 5.41 Å². The summed E-state index contributed by atoms with van der Waals surface area (Å²) in [6.07, 6.45) is 2.33. The molecule has 2 fully saturated rings. The van der Waals surface area contributed by atoms with Crippen LogP contribution in [0.2, 0.25) is 0 Å². The van der Waals surface area contributed by atoms with Gasteiger partial charge in [-0.05, 0) is 61.1 Å². The molecule has 2 saturated heterocycles. The van der Waals surface area contributed by atoms with E-state index in [2.05, 4.69) is 20.7 Å². The van der Waals surface area contributed by atoms with E-state index in [1.54, 1.807) is 24.3 Å². The fourth-order valence-corrected chi connectivity index (χ4v) is 4.83. The zero-order chi connectivity index (χ0) is 27.0. The summed E-state index contributed by atoms with van der Waals surface area (Å²) in [6.45, 7) is 9.86. The first-order chi connectivity index (χ1) is 18.0. The summed E-state index contributed by atoms with van der Waals surface area (Å²) in [6, 6.07) is 11.4. The Balaban J connectivity index is 1.31. The predicted octanol–water partition coefficient (Wildman–Crippen LogP) is 5.18. The third-order valence-electron chi connectivity index (χ3n) is 6.84. The van der Waals surface area contributed by atoms with Crippen LogP contribution >= 0.6 is 0 Å². The van der Waals surface area contributed by atoms with Gasteiger partial charge >= 0.3 is 0 Å². The number of benzene rings is 2. The average Bonchev–Trinajstić information content (AvgIpc) is 3.49. The van der Waals surface area contributed by atoms with Crippen LogP contribution in [0, 0.1) is 18.2 Å². The van der Waals surface area contributed by atoms with Gasteiger partial charge in [-0.3, -0.25) is 9.59 Å². The van der Waals surface area contributed by atoms with Crippen LogP contribution in [0.25, 0.3) is 11.3 Å².